The summed E-state index contributed by atoms with van der Waals surface area (Å²) in [5.41, 5.74) is 0.890. The molecule has 26 heavy (non-hydrogen) atoms. The summed E-state index contributed by atoms with van der Waals surface area (Å²) < 4.78 is 5.66. The Hall–Kier alpha value is -2.67. The predicted molar refractivity (Wildman–Crippen MR) is 98.2 cm³/mol. The molecule has 0 spiro atoms. The minimum absolute atomic E-state index is 0.0772. The quantitative estimate of drug-likeness (QED) is 0.802. The van der Waals surface area contributed by atoms with Crippen molar-refractivity contribution in [3.63, 3.8) is 0 Å². The maximum absolute atomic E-state index is 12.5. The Labute approximate surface area is 157 Å². The fraction of sp³-hybridized carbons (Fsp3) is 0.333. The Bertz CT molecular complexity index is 783. The van der Waals surface area contributed by atoms with Crippen molar-refractivity contribution in [2.24, 2.45) is 0 Å². The van der Waals surface area contributed by atoms with Gasteiger partial charge in [0.25, 0.3) is 11.8 Å². The predicted octanol–water partition coefficient (Wildman–Crippen LogP) is 2.48. The molecule has 1 aromatic heterocycles. The molecule has 2 amide bonds. The second kappa shape index (κ2) is 9.15. The Morgan fingerprint density at radius 3 is 2.69 bits per heavy atom. The first-order valence-electron chi connectivity index (χ1n) is 8.12. The molecule has 0 aliphatic heterocycles. The average molecular weight is 377 g/mol. The Morgan fingerprint density at radius 1 is 1.31 bits per heavy atom. The van der Waals surface area contributed by atoms with Gasteiger partial charge in [-0.2, -0.15) is 0 Å². The molecule has 1 N–H and O–H groups in total. The van der Waals surface area contributed by atoms with Crippen LogP contribution in [0.3, 0.4) is 0 Å². The van der Waals surface area contributed by atoms with E-state index in [1.807, 2.05) is 25.1 Å². The van der Waals surface area contributed by atoms with E-state index in [1.165, 1.54) is 17.4 Å². The second-order valence-electron chi connectivity index (χ2n) is 5.77. The maximum atomic E-state index is 12.5. The van der Waals surface area contributed by atoms with Crippen molar-refractivity contribution in [3.05, 3.63) is 53.1 Å². The minimum Gasteiger partial charge on any atom is -0.483 e. The van der Waals surface area contributed by atoms with Crippen LogP contribution >= 0.6 is 11.6 Å². The highest BCUT2D eigenvalue weighted by Crippen LogP contribution is 2.27. The third-order valence-electron chi connectivity index (χ3n) is 3.74. The van der Waals surface area contributed by atoms with Gasteiger partial charge < -0.3 is 15.0 Å². The lowest BCUT2D eigenvalue weighted by atomic mass is 10.0. The van der Waals surface area contributed by atoms with Crippen LogP contribution in [0.4, 0.5) is 0 Å². The molecular formula is C18H21ClN4O3. The summed E-state index contributed by atoms with van der Waals surface area (Å²) in [7, 11) is 3.33. The number of halogens is 1. The highest BCUT2D eigenvalue weighted by Gasteiger charge is 2.20. The van der Waals surface area contributed by atoms with E-state index in [-0.39, 0.29) is 29.3 Å². The Morgan fingerprint density at radius 2 is 2.04 bits per heavy atom. The minimum atomic E-state index is -0.400. The highest BCUT2D eigenvalue weighted by atomic mass is 35.5. The van der Waals surface area contributed by atoms with Crippen molar-refractivity contribution in [2.45, 2.75) is 19.4 Å². The monoisotopic (exact) mass is 376 g/mol. The van der Waals surface area contributed by atoms with Crippen LogP contribution in [0.25, 0.3) is 0 Å². The zero-order chi connectivity index (χ0) is 19.1. The molecule has 1 heterocycles. The van der Waals surface area contributed by atoms with Crippen LogP contribution in [0.1, 0.15) is 35.4 Å². The largest absolute Gasteiger partial charge is 0.483 e. The van der Waals surface area contributed by atoms with Gasteiger partial charge in [0.15, 0.2) is 6.61 Å². The first-order valence-corrected chi connectivity index (χ1v) is 8.50. The number of carbonyl (C=O) groups excluding carboxylic acids is 2. The third-order valence-corrected chi connectivity index (χ3v) is 4.02. The molecule has 1 unspecified atom stereocenters. The van der Waals surface area contributed by atoms with Crippen molar-refractivity contribution < 1.29 is 14.3 Å². The molecule has 0 saturated heterocycles. The number of nitrogens with one attached hydrogen (secondary N) is 1. The van der Waals surface area contributed by atoms with Gasteiger partial charge in [-0.15, -0.1) is 0 Å². The van der Waals surface area contributed by atoms with Crippen LogP contribution < -0.4 is 10.1 Å². The van der Waals surface area contributed by atoms with Crippen molar-refractivity contribution >= 4 is 23.4 Å². The summed E-state index contributed by atoms with van der Waals surface area (Å²) in [6, 6.07) is 6.97. The molecule has 0 fully saturated rings. The number of aromatic nitrogens is 2. The molecule has 2 aromatic rings. The molecule has 138 valence electrons. The number of para-hydroxylation sites is 1. The number of carbonyl (C=O) groups is 2. The van der Waals surface area contributed by atoms with Crippen LogP contribution in [0.5, 0.6) is 5.75 Å². The summed E-state index contributed by atoms with van der Waals surface area (Å²) in [5.74, 6) is -0.00305. The summed E-state index contributed by atoms with van der Waals surface area (Å²) in [5, 5.41) is 3.08. The van der Waals surface area contributed by atoms with E-state index >= 15 is 0 Å². The number of nitrogens with zero attached hydrogens (tertiary/aromatic N) is 3. The van der Waals surface area contributed by atoms with E-state index in [4.69, 9.17) is 16.3 Å². The molecule has 0 saturated carbocycles. The Kier molecular flexibility index (Phi) is 6.91. The van der Waals surface area contributed by atoms with E-state index in [2.05, 4.69) is 15.3 Å². The number of hydrogen-bond donors (Lipinski definition) is 1. The summed E-state index contributed by atoms with van der Waals surface area (Å²) in [6.45, 7) is 1.86. The van der Waals surface area contributed by atoms with Crippen LogP contribution in [0.15, 0.2) is 36.8 Å². The molecule has 7 nitrogen and oxygen atoms in total. The standard InChI is InChI=1S/C18H21ClN4O3/c1-4-14(22-18(25)17-13(19)9-20-11-21-17)12-7-5-6-8-15(12)26-10-16(24)23(2)3/h5-9,11,14H,4,10H2,1-3H3,(H,22,25). The molecule has 0 aliphatic carbocycles. The zero-order valence-electron chi connectivity index (χ0n) is 14.9. The van der Waals surface area contributed by atoms with Gasteiger partial charge in [0.2, 0.25) is 0 Å². The molecule has 0 radical (unpaired) electrons. The van der Waals surface area contributed by atoms with Gasteiger partial charge in [0.1, 0.15) is 17.8 Å². The van der Waals surface area contributed by atoms with Crippen LogP contribution in [-0.2, 0) is 4.79 Å². The zero-order valence-corrected chi connectivity index (χ0v) is 15.7. The van der Waals surface area contributed by atoms with Crippen molar-refractivity contribution in [1.82, 2.24) is 20.2 Å². The Balaban J connectivity index is 2.18. The van der Waals surface area contributed by atoms with Gasteiger partial charge in [-0.1, -0.05) is 36.7 Å². The summed E-state index contributed by atoms with van der Waals surface area (Å²) in [4.78, 5) is 33.4. The normalized spacial score (nSPS) is 11.5. The fourth-order valence-corrected chi connectivity index (χ4v) is 2.47. The molecule has 0 bridgehead atoms. The number of benzene rings is 1. The number of amides is 2. The molecular weight excluding hydrogens is 356 g/mol. The molecule has 0 aliphatic rings. The molecule has 1 atom stereocenters. The number of likely N-dealkylation sites (N-methyl/N-ethyl adjacent to an activating group) is 1. The maximum Gasteiger partial charge on any atom is 0.272 e. The lowest BCUT2D eigenvalue weighted by molar-refractivity contribution is -0.130. The summed E-state index contributed by atoms with van der Waals surface area (Å²) in [6.07, 6.45) is 3.26. The smallest absolute Gasteiger partial charge is 0.272 e. The number of rotatable bonds is 7. The topological polar surface area (TPSA) is 84.4 Å². The van der Waals surface area contributed by atoms with Gasteiger partial charge in [0, 0.05) is 25.9 Å². The van der Waals surface area contributed by atoms with Crippen molar-refractivity contribution in [1.29, 1.82) is 0 Å². The SMILES string of the molecule is CCC(NC(=O)c1ncncc1Cl)c1ccccc1OCC(=O)N(C)C. The van der Waals surface area contributed by atoms with Crippen molar-refractivity contribution in [2.75, 3.05) is 20.7 Å². The van der Waals surface area contributed by atoms with E-state index in [0.717, 1.165) is 5.56 Å². The lowest BCUT2D eigenvalue weighted by Gasteiger charge is -2.21. The third kappa shape index (κ3) is 4.92. The van der Waals surface area contributed by atoms with Gasteiger partial charge in [0.05, 0.1) is 11.1 Å². The summed E-state index contributed by atoms with van der Waals surface area (Å²) >= 11 is 5.98. The van der Waals surface area contributed by atoms with Crippen LogP contribution in [-0.4, -0.2) is 47.4 Å². The van der Waals surface area contributed by atoms with E-state index in [0.29, 0.717) is 12.2 Å². The van der Waals surface area contributed by atoms with Gasteiger partial charge in [-0.3, -0.25) is 9.59 Å². The second-order valence-corrected chi connectivity index (χ2v) is 6.18. The van der Waals surface area contributed by atoms with Crippen molar-refractivity contribution in [3.8, 4) is 5.75 Å². The van der Waals surface area contributed by atoms with E-state index in [1.54, 1.807) is 20.2 Å². The molecule has 2 rings (SSSR count). The van der Waals surface area contributed by atoms with E-state index in [9.17, 15) is 9.59 Å². The first-order chi connectivity index (χ1) is 12.4. The van der Waals surface area contributed by atoms with Gasteiger partial charge in [-0.05, 0) is 12.5 Å². The molecule has 1 aromatic carbocycles. The average Bonchev–Trinajstić information content (AvgIpc) is 2.64. The fourth-order valence-electron chi connectivity index (χ4n) is 2.27. The van der Waals surface area contributed by atoms with E-state index < -0.39 is 5.91 Å². The molecule has 8 heteroatoms. The lowest BCUT2D eigenvalue weighted by Crippen LogP contribution is -2.30. The number of ether oxygens (including phenoxy) is 1. The van der Waals surface area contributed by atoms with Crippen LogP contribution in [0.2, 0.25) is 5.02 Å². The number of hydrogen-bond acceptors (Lipinski definition) is 5. The highest BCUT2D eigenvalue weighted by molar-refractivity contribution is 6.33. The van der Waals surface area contributed by atoms with Crippen LogP contribution in [0, 0.1) is 0 Å². The van der Waals surface area contributed by atoms with Gasteiger partial charge >= 0.3 is 0 Å². The van der Waals surface area contributed by atoms with Gasteiger partial charge in [-0.25, -0.2) is 9.97 Å². The first kappa shape index (κ1) is 19.7.